The molecule has 132 valence electrons. The van der Waals surface area contributed by atoms with E-state index in [2.05, 4.69) is 28.9 Å². The molecule has 0 radical (unpaired) electrons. The van der Waals surface area contributed by atoms with Gasteiger partial charge in [-0.25, -0.2) is 18.1 Å². The Morgan fingerprint density at radius 2 is 2.00 bits per heavy atom. The average Bonchev–Trinajstić information content (AvgIpc) is 3.23. The molecule has 1 saturated carbocycles. The third kappa shape index (κ3) is 4.25. The van der Waals surface area contributed by atoms with Crippen LogP contribution in [0.4, 0.5) is 0 Å². The van der Waals surface area contributed by atoms with Crippen LogP contribution < -0.4 is 4.72 Å². The maximum absolute atomic E-state index is 12.5. The average molecular weight is 385 g/mol. The lowest BCUT2D eigenvalue weighted by Gasteiger charge is -2.21. The lowest BCUT2D eigenvalue weighted by Crippen LogP contribution is -2.29. The number of nitrogens with one attached hydrogen (secondary N) is 1. The fraction of sp³-hybridized carbons (Fsp3) is 0.588. The molecule has 2 aromatic heterocycles. The maximum Gasteiger partial charge on any atom is 0.250 e. The maximum atomic E-state index is 12.5. The molecule has 24 heavy (non-hydrogen) atoms. The summed E-state index contributed by atoms with van der Waals surface area (Å²) < 4.78 is 28.2. The molecule has 1 aliphatic carbocycles. The number of nitrogens with zero attached hydrogens (tertiary/aromatic N) is 1. The number of rotatable bonds is 6. The van der Waals surface area contributed by atoms with E-state index in [9.17, 15) is 8.42 Å². The smallest absolute Gasteiger partial charge is 0.240 e. The standard InChI is InChI=1S/C17H24N2O2S3/c1-12(2)14-11-22-17(19-14)15-8-9-16(23-15)24(20,21)18-10-13-6-4-3-5-7-13/h8-9,11-13,18H,3-7,10H2,1-2H3. The molecule has 3 rings (SSSR count). The second-order valence-electron chi connectivity index (χ2n) is 6.71. The Morgan fingerprint density at radius 3 is 2.67 bits per heavy atom. The van der Waals surface area contributed by atoms with E-state index in [0.29, 0.717) is 22.6 Å². The highest BCUT2D eigenvalue weighted by Gasteiger charge is 2.21. The zero-order valence-corrected chi connectivity index (χ0v) is 16.6. The predicted molar refractivity (Wildman–Crippen MR) is 101 cm³/mol. The predicted octanol–water partition coefficient (Wildman–Crippen LogP) is 4.85. The molecule has 4 nitrogen and oxygen atoms in total. The molecule has 0 aromatic carbocycles. The first-order valence-electron chi connectivity index (χ1n) is 8.51. The summed E-state index contributed by atoms with van der Waals surface area (Å²) in [7, 11) is -3.41. The molecule has 0 aliphatic heterocycles. The van der Waals surface area contributed by atoms with Crippen molar-refractivity contribution in [1.82, 2.24) is 9.71 Å². The van der Waals surface area contributed by atoms with Gasteiger partial charge in [-0.2, -0.15) is 0 Å². The minimum atomic E-state index is -3.41. The van der Waals surface area contributed by atoms with Gasteiger partial charge < -0.3 is 0 Å². The molecule has 1 fully saturated rings. The number of hydrogen-bond acceptors (Lipinski definition) is 5. The molecule has 0 unspecified atom stereocenters. The van der Waals surface area contributed by atoms with Crippen molar-refractivity contribution in [3.63, 3.8) is 0 Å². The summed E-state index contributed by atoms with van der Waals surface area (Å²) in [4.78, 5) is 5.53. The molecule has 0 bridgehead atoms. The van der Waals surface area contributed by atoms with Crippen LogP contribution in [0.25, 0.3) is 9.88 Å². The summed E-state index contributed by atoms with van der Waals surface area (Å²) in [5, 5.41) is 2.95. The van der Waals surface area contributed by atoms with Gasteiger partial charge in [0.1, 0.15) is 9.22 Å². The Balaban J connectivity index is 1.68. The van der Waals surface area contributed by atoms with E-state index in [1.54, 1.807) is 17.4 Å². The number of thiophene rings is 1. The van der Waals surface area contributed by atoms with Crippen molar-refractivity contribution >= 4 is 32.7 Å². The van der Waals surface area contributed by atoms with Gasteiger partial charge in [0.25, 0.3) is 0 Å². The van der Waals surface area contributed by atoms with Crippen LogP contribution in [0.2, 0.25) is 0 Å². The minimum Gasteiger partial charge on any atom is -0.240 e. The molecule has 7 heteroatoms. The highest BCUT2D eigenvalue weighted by atomic mass is 32.2. The molecule has 2 aromatic rings. The third-order valence-corrected chi connectivity index (χ3v) is 8.49. The zero-order chi connectivity index (χ0) is 17.2. The van der Waals surface area contributed by atoms with Crippen LogP contribution in [0.3, 0.4) is 0 Å². The molecule has 0 atom stereocenters. The highest BCUT2D eigenvalue weighted by Crippen LogP contribution is 2.34. The first kappa shape index (κ1) is 18.0. The van der Waals surface area contributed by atoms with Crippen LogP contribution in [0.5, 0.6) is 0 Å². The van der Waals surface area contributed by atoms with Crippen molar-refractivity contribution in [2.24, 2.45) is 5.92 Å². The minimum absolute atomic E-state index is 0.384. The number of sulfonamides is 1. The van der Waals surface area contributed by atoms with E-state index in [0.717, 1.165) is 28.4 Å². The van der Waals surface area contributed by atoms with Crippen LogP contribution in [-0.2, 0) is 10.0 Å². The van der Waals surface area contributed by atoms with Gasteiger partial charge in [0.05, 0.1) is 10.6 Å². The summed E-state index contributed by atoms with van der Waals surface area (Å²) in [6, 6.07) is 3.56. The fourth-order valence-corrected chi connectivity index (χ4v) is 6.45. The van der Waals surface area contributed by atoms with Crippen LogP contribution in [0.15, 0.2) is 21.7 Å². The topological polar surface area (TPSA) is 59.1 Å². The molecule has 1 N–H and O–H groups in total. The van der Waals surface area contributed by atoms with Crippen molar-refractivity contribution in [2.45, 2.75) is 56.1 Å². The molecule has 0 saturated heterocycles. The molecule has 2 heterocycles. The first-order chi connectivity index (χ1) is 11.5. The summed E-state index contributed by atoms with van der Waals surface area (Å²) in [5.74, 6) is 0.871. The van der Waals surface area contributed by atoms with E-state index in [1.165, 1.54) is 30.6 Å². The van der Waals surface area contributed by atoms with Crippen LogP contribution >= 0.6 is 22.7 Å². The first-order valence-corrected chi connectivity index (χ1v) is 11.7. The van der Waals surface area contributed by atoms with E-state index in [4.69, 9.17) is 0 Å². The normalized spacial score (nSPS) is 16.8. The monoisotopic (exact) mass is 384 g/mol. The van der Waals surface area contributed by atoms with Crippen molar-refractivity contribution < 1.29 is 8.42 Å². The van der Waals surface area contributed by atoms with E-state index in [1.807, 2.05) is 6.07 Å². The Bertz CT molecular complexity index is 771. The Kier molecular flexibility index (Phi) is 5.74. The largest absolute Gasteiger partial charge is 0.250 e. The van der Waals surface area contributed by atoms with Crippen LogP contribution in [-0.4, -0.2) is 19.9 Å². The lowest BCUT2D eigenvalue weighted by molar-refractivity contribution is 0.357. The summed E-state index contributed by atoms with van der Waals surface area (Å²) in [6.45, 7) is 4.78. The van der Waals surface area contributed by atoms with Gasteiger partial charge in [-0.05, 0) is 36.8 Å². The lowest BCUT2D eigenvalue weighted by atomic mass is 9.90. The second kappa shape index (κ2) is 7.64. The third-order valence-electron chi connectivity index (χ3n) is 4.46. The zero-order valence-electron chi connectivity index (χ0n) is 14.1. The van der Waals surface area contributed by atoms with Gasteiger partial charge >= 0.3 is 0 Å². The van der Waals surface area contributed by atoms with Crippen LogP contribution in [0, 0.1) is 5.92 Å². The molecule has 0 spiro atoms. The van der Waals surface area contributed by atoms with E-state index >= 15 is 0 Å². The SMILES string of the molecule is CC(C)c1csc(-c2ccc(S(=O)(=O)NCC3CCCCC3)s2)n1. The molecule has 1 aliphatic rings. The van der Waals surface area contributed by atoms with Crippen LogP contribution in [0.1, 0.15) is 57.6 Å². The van der Waals surface area contributed by atoms with E-state index in [-0.39, 0.29) is 0 Å². The van der Waals surface area contributed by atoms with Gasteiger partial charge in [-0.3, -0.25) is 0 Å². The Morgan fingerprint density at radius 1 is 1.25 bits per heavy atom. The number of aromatic nitrogens is 1. The van der Waals surface area contributed by atoms with E-state index < -0.39 is 10.0 Å². The highest BCUT2D eigenvalue weighted by molar-refractivity contribution is 7.91. The van der Waals surface area contributed by atoms with Gasteiger partial charge in [-0.15, -0.1) is 22.7 Å². The molecular weight excluding hydrogens is 360 g/mol. The van der Waals surface area contributed by atoms with Gasteiger partial charge in [0.15, 0.2) is 0 Å². The van der Waals surface area contributed by atoms with Gasteiger partial charge in [0.2, 0.25) is 10.0 Å². The Hall–Kier alpha value is -0.760. The van der Waals surface area contributed by atoms with Crippen molar-refractivity contribution in [1.29, 1.82) is 0 Å². The van der Waals surface area contributed by atoms with Crippen molar-refractivity contribution in [3.05, 3.63) is 23.2 Å². The number of thiazole rings is 1. The van der Waals surface area contributed by atoms with Gasteiger partial charge in [0, 0.05) is 11.9 Å². The van der Waals surface area contributed by atoms with Gasteiger partial charge in [-0.1, -0.05) is 33.1 Å². The summed E-state index contributed by atoms with van der Waals surface area (Å²) >= 11 is 2.88. The summed E-state index contributed by atoms with van der Waals surface area (Å²) in [6.07, 6.45) is 5.99. The molecular formula is C17H24N2O2S3. The Labute approximate surface area is 152 Å². The summed E-state index contributed by atoms with van der Waals surface area (Å²) in [5.41, 5.74) is 1.06. The van der Waals surface area contributed by atoms with Crippen molar-refractivity contribution in [2.75, 3.05) is 6.54 Å². The molecule has 0 amide bonds. The van der Waals surface area contributed by atoms with Crippen molar-refractivity contribution in [3.8, 4) is 9.88 Å². The number of hydrogen-bond donors (Lipinski definition) is 1. The quantitative estimate of drug-likeness (QED) is 0.774. The fourth-order valence-electron chi connectivity index (χ4n) is 2.93. The second-order valence-corrected chi connectivity index (χ2v) is 10.6.